The van der Waals surface area contributed by atoms with Crippen LogP contribution in [0.3, 0.4) is 0 Å². The second kappa shape index (κ2) is 4.93. The van der Waals surface area contributed by atoms with E-state index >= 15 is 0 Å². The number of nitrogens with one attached hydrogen (secondary N) is 1. The maximum atomic E-state index is 4.87. The minimum absolute atomic E-state index is 0.288. The van der Waals surface area contributed by atoms with E-state index < -0.39 is 0 Å². The third kappa shape index (κ3) is 2.38. The first-order valence-electron chi connectivity index (χ1n) is 7.08. The van der Waals surface area contributed by atoms with Crippen LogP contribution >= 0.6 is 11.3 Å². The Morgan fingerprint density at radius 1 is 1.40 bits per heavy atom. The van der Waals surface area contributed by atoms with Gasteiger partial charge in [-0.25, -0.2) is 9.97 Å². The highest BCUT2D eigenvalue weighted by atomic mass is 32.1. The fourth-order valence-electron chi connectivity index (χ4n) is 3.02. The lowest BCUT2D eigenvalue weighted by atomic mass is 9.74. The molecule has 1 N–H and O–H groups in total. The Morgan fingerprint density at radius 2 is 2.20 bits per heavy atom. The zero-order chi connectivity index (χ0) is 14.3. The minimum atomic E-state index is 0.288. The van der Waals surface area contributed by atoms with Crippen molar-refractivity contribution in [3.8, 4) is 10.7 Å². The first-order valence-corrected chi connectivity index (χ1v) is 7.96. The summed E-state index contributed by atoms with van der Waals surface area (Å²) in [5.41, 5.74) is 4.02. The average Bonchev–Trinajstić information content (AvgIpc) is 2.82. The van der Waals surface area contributed by atoms with E-state index in [9.17, 15) is 0 Å². The number of nitrogens with zero attached hydrogens (tertiary/aromatic N) is 2. The van der Waals surface area contributed by atoms with Gasteiger partial charge in [0, 0.05) is 23.5 Å². The van der Waals surface area contributed by atoms with Crippen molar-refractivity contribution >= 4 is 11.3 Å². The number of hydrogen-bond acceptors (Lipinski definition) is 4. The van der Waals surface area contributed by atoms with Crippen LogP contribution < -0.4 is 5.32 Å². The van der Waals surface area contributed by atoms with E-state index in [0.717, 1.165) is 18.7 Å². The van der Waals surface area contributed by atoms with E-state index in [1.807, 2.05) is 13.2 Å². The fourth-order valence-corrected chi connectivity index (χ4v) is 3.88. The molecule has 0 aliphatic heterocycles. The highest BCUT2D eigenvalue weighted by Crippen LogP contribution is 2.40. The molecule has 3 nitrogen and oxygen atoms in total. The van der Waals surface area contributed by atoms with Crippen molar-refractivity contribution in [2.75, 3.05) is 7.05 Å². The van der Waals surface area contributed by atoms with Crippen molar-refractivity contribution < 1.29 is 0 Å². The van der Waals surface area contributed by atoms with Crippen LogP contribution in [0.4, 0.5) is 0 Å². The summed E-state index contributed by atoms with van der Waals surface area (Å²) >= 11 is 1.72. The Balaban J connectivity index is 2.06. The zero-order valence-electron chi connectivity index (χ0n) is 12.5. The van der Waals surface area contributed by atoms with Gasteiger partial charge in [-0.2, -0.15) is 0 Å². The molecule has 0 bridgehead atoms. The van der Waals surface area contributed by atoms with Gasteiger partial charge in [0.15, 0.2) is 5.82 Å². The molecule has 0 amide bonds. The van der Waals surface area contributed by atoms with Gasteiger partial charge in [0.05, 0.1) is 4.88 Å². The molecule has 2 aromatic rings. The molecule has 106 valence electrons. The summed E-state index contributed by atoms with van der Waals surface area (Å²) < 4.78 is 0. The highest BCUT2D eigenvalue weighted by Gasteiger charge is 2.33. The van der Waals surface area contributed by atoms with Crippen LogP contribution in [-0.2, 0) is 6.42 Å². The molecule has 2 heterocycles. The van der Waals surface area contributed by atoms with Crippen LogP contribution in [0.1, 0.15) is 43.1 Å². The minimum Gasteiger partial charge on any atom is -0.313 e. The number of thiophene rings is 1. The van der Waals surface area contributed by atoms with Crippen LogP contribution in [0.25, 0.3) is 10.7 Å². The van der Waals surface area contributed by atoms with Crippen LogP contribution in [0, 0.1) is 12.3 Å². The number of fused-ring (bicyclic) bond motifs is 1. The van der Waals surface area contributed by atoms with Gasteiger partial charge in [0.1, 0.15) is 0 Å². The summed E-state index contributed by atoms with van der Waals surface area (Å²) in [5.74, 6) is 0.879. The van der Waals surface area contributed by atoms with Crippen LogP contribution in [0.2, 0.25) is 0 Å². The summed E-state index contributed by atoms with van der Waals surface area (Å²) in [4.78, 5) is 10.7. The van der Waals surface area contributed by atoms with E-state index in [4.69, 9.17) is 4.98 Å². The average molecular weight is 287 g/mol. The van der Waals surface area contributed by atoms with Crippen molar-refractivity contribution in [3.63, 3.8) is 0 Å². The molecule has 0 fully saturated rings. The first kappa shape index (κ1) is 13.7. The normalized spacial score (nSPS) is 20.7. The summed E-state index contributed by atoms with van der Waals surface area (Å²) in [6.07, 6.45) is 4.19. The van der Waals surface area contributed by atoms with Gasteiger partial charge in [-0.15, -0.1) is 11.3 Å². The molecule has 0 saturated carbocycles. The Kier molecular flexibility index (Phi) is 3.38. The molecule has 0 aromatic carbocycles. The van der Waals surface area contributed by atoms with Gasteiger partial charge >= 0.3 is 0 Å². The monoisotopic (exact) mass is 287 g/mol. The molecule has 2 aromatic heterocycles. The lowest BCUT2D eigenvalue weighted by molar-refractivity contribution is 0.260. The number of aryl methyl sites for hydroxylation is 1. The second-order valence-corrected chi connectivity index (χ2v) is 7.33. The third-order valence-corrected chi connectivity index (χ3v) is 5.10. The van der Waals surface area contributed by atoms with Crippen molar-refractivity contribution in [3.05, 3.63) is 34.5 Å². The summed E-state index contributed by atoms with van der Waals surface area (Å²) in [6.45, 7) is 6.76. The smallest absolute Gasteiger partial charge is 0.169 e. The highest BCUT2D eigenvalue weighted by molar-refractivity contribution is 7.13. The molecule has 0 saturated heterocycles. The predicted molar refractivity (Wildman–Crippen MR) is 84.0 cm³/mol. The van der Waals surface area contributed by atoms with E-state index in [-0.39, 0.29) is 5.41 Å². The molecule has 3 rings (SSSR count). The maximum Gasteiger partial charge on any atom is 0.169 e. The second-order valence-electron chi connectivity index (χ2n) is 6.41. The van der Waals surface area contributed by atoms with Crippen molar-refractivity contribution in [1.82, 2.24) is 15.3 Å². The standard InChI is InChI=1S/C16H21N3S/c1-10-5-6-20-14(10)15-18-9-11-12(17-4)7-16(2,3)8-13(11)19-15/h5-6,9,12,17H,7-8H2,1-4H3. The Morgan fingerprint density at radius 3 is 2.85 bits per heavy atom. The number of hydrogen-bond donors (Lipinski definition) is 1. The SMILES string of the molecule is CNC1CC(C)(C)Cc2nc(-c3sccc3C)ncc21. The van der Waals surface area contributed by atoms with Crippen molar-refractivity contribution in [2.45, 2.75) is 39.7 Å². The Bertz CT molecular complexity index is 630. The third-order valence-electron chi connectivity index (χ3n) is 4.09. The van der Waals surface area contributed by atoms with Crippen LogP contribution in [0.15, 0.2) is 17.6 Å². The predicted octanol–water partition coefficient (Wildman–Crippen LogP) is 3.75. The van der Waals surface area contributed by atoms with Gasteiger partial charge in [0.2, 0.25) is 0 Å². The summed E-state index contributed by atoms with van der Waals surface area (Å²) in [7, 11) is 2.02. The Labute approximate surface area is 124 Å². The van der Waals surface area contributed by atoms with Gasteiger partial charge in [-0.05, 0) is 49.2 Å². The van der Waals surface area contributed by atoms with Gasteiger partial charge in [0.25, 0.3) is 0 Å². The summed E-state index contributed by atoms with van der Waals surface area (Å²) in [5, 5.41) is 5.51. The molecule has 20 heavy (non-hydrogen) atoms. The molecular formula is C16H21N3S. The van der Waals surface area contributed by atoms with E-state index in [2.05, 4.69) is 42.5 Å². The van der Waals surface area contributed by atoms with Crippen LogP contribution in [0.5, 0.6) is 0 Å². The van der Waals surface area contributed by atoms with E-state index in [1.165, 1.54) is 21.7 Å². The van der Waals surface area contributed by atoms with Gasteiger partial charge in [-0.1, -0.05) is 13.8 Å². The Hall–Kier alpha value is -1.26. The molecule has 1 aliphatic carbocycles. The van der Waals surface area contributed by atoms with Crippen molar-refractivity contribution in [2.24, 2.45) is 5.41 Å². The zero-order valence-corrected chi connectivity index (χ0v) is 13.3. The molecule has 1 atom stereocenters. The van der Waals surface area contributed by atoms with Gasteiger partial charge < -0.3 is 5.32 Å². The van der Waals surface area contributed by atoms with E-state index in [0.29, 0.717) is 6.04 Å². The number of rotatable bonds is 2. The topological polar surface area (TPSA) is 37.8 Å². The molecule has 1 unspecified atom stereocenters. The van der Waals surface area contributed by atoms with Gasteiger partial charge in [-0.3, -0.25) is 0 Å². The van der Waals surface area contributed by atoms with Crippen LogP contribution in [-0.4, -0.2) is 17.0 Å². The molecule has 0 radical (unpaired) electrons. The largest absolute Gasteiger partial charge is 0.313 e. The molecular weight excluding hydrogens is 266 g/mol. The summed E-state index contributed by atoms with van der Waals surface area (Å²) in [6, 6.07) is 2.50. The lowest BCUT2D eigenvalue weighted by Gasteiger charge is -2.36. The quantitative estimate of drug-likeness (QED) is 0.914. The fraction of sp³-hybridized carbons (Fsp3) is 0.500. The van der Waals surface area contributed by atoms with E-state index in [1.54, 1.807) is 11.3 Å². The lowest BCUT2D eigenvalue weighted by Crippen LogP contribution is -2.32. The molecule has 0 spiro atoms. The number of aromatic nitrogens is 2. The molecule has 4 heteroatoms. The first-order chi connectivity index (χ1) is 9.50. The maximum absolute atomic E-state index is 4.87. The van der Waals surface area contributed by atoms with Crippen molar-refractivity contribution in [1.29, 1.82) is 0 Å². The molecule has 1 aliphatic rings.